The van der Waals surface area contributed by atoms with Crippen molar-refractivity contribution in [1.29, 1.82) is 0 Å². The first-order chi connectivity index (χ1) is 8.67. The molecule has 0 aliphatic heterocycles. The van der Waals surface area contributed by atoms with Crippen molar-refractivity contribution >= 4 is 27.3 Å². The molecule has 0 unspecified atom stereocenters. The van der Waals surface area contributed by atoms with Crippen LogP contribution in [-0.2, 0) is 14.8 Å². The minimum atomic E-state index is -3.63. The van der Waals surface area contributed by atoms with E-state index in [4.69, 9.17) is 11.5 Å². The summed E-state index contributed by atoms with van der Waals surface area (Å²) in [5.74, 6) is -0.525. The summed E-state index contributed by atoms with van der Waals surface area (Å²) in [7, 11) is 0.837. The molecule has 1 amide bonds. The van der Waals surface area contributed by atoms with Crippen LogP contribution in [0.2, 0.25) is 0 Å². The number of carbonyl (C=O) groups is 1. The van der Waals surface area contributed by atoms with Crippen molar-refractivity contribution in [1.82, 2.24) is 4.31 Å². The fourth-order valence-corrected chi connectivity index (χ4v) is 2.63. The Labute approximate surface area is 112 Å². The van der Waals surface area contributed by atoms with Gasteiger partial charge < -0.3 is 16.4 Å². The molecule has 0 aliphatic carbocycles. The third-order valence-corrected chi connectivity index (χ3v) is 4.48. The topological polar surface area (TPSA) is 110 Å². The van der Waals surface area contributed by atoms with Gasteiger partial charge in [-0.3, -0.25) is 4.79 Å². The smallest absolute Gasteiger partial charge is 0.244 e. The number of hydrogen-bond acceptors (Lipinski definition) is 5. The molecule has 1 aromatic carbocycles. The van der Waals surface area contributed by atoms with E-state index in [2.05, 4.69) is 0 Å². The van der Waals surface area contributed by atoms with Crippen LogP contribution in [0.4, 0.5) is 11.4 Å². The fourth-order valence-electron chi connectivity index (χ4n) is 1.61. The first-order valence-corrected chi connectivity index (χ1v) is 6.92. The molecule has 0 saturated heterocycles. The molecule has 4 N–H and O–H groups in total. The van der Waals surface area contributed by atoms with Crippen LogP contribution >= 0.6 is 0 Å². The highest BCUT2D eigenvalue weighted by Gasteiger charge is 2.22. The summed E-state index contributed by atoms with van der Waals surface area (Å²) < 4.78 is 25.3. The molecule has 0 radical (unpaired) electrons. The Morgan fingerprint density at radius 2 is 1.84 bits per heavy atom. The number of rotatable bonds is 5. The lowest BCUT2D eigenvalue weighted by Crippen LogP contribution is -2.31. The molecule has 7 nitrogen and oxygen atoms in total. The highest BCUT2D eigenvalue weighted by molar-refractivity contribution is 7.89. The van der Waals surface area contributed by atoms with Gasteiger partial charge in [0.2, 0.25) is 15.9 Å². The average Bonchev–Trinajstić information content (AvgIpc) is 2.27. The first kappa shape index (κ1) is 15.3. The van der Waals surface area contributed by atoms with Gasteiger partial charge in [-0.1, -0.05) is 6.07 Å². The highest BCUT2D eigenvalue weighted by atomic mass is 32.2. The second-order valence-corrected chi connectivity index (χ2v) is 6.42. The van der Waals surface area contributed by atoms with Gasteiger partial charge >= 0.3 is 0 Å². The van der Waals surface area contributed by atoms with Crippen LogP contribution in [-0.4, -0.2) is 46.3 Å². The van der Waals surface area contributed by atoms with Gasteiger partial charge in [0.1, 0.15) is 4.90 Å². The Morgan fingerprint density at radius 1 is 1.26 bits per heavy atom. The Hall–Kier alpha value is -1.80. The van der Waals surface area contributed by atoms with Crippen molar-refractivity contribution in [3.05, 3.63) is 18.2 Å². The zero-order valence-corrected chi connectivity index (χ0v) is 11.9. The third-order valence-electron chi connectivity index (χ3n) is 2.61. The standard InChI is InChI=1S/C11H18N4O3S/c1-14(2)19(17,18)9-6-4-5-8(11(9)13)15(3)7-10(12)16/h4-6H,7,13H2,1-3H3,(H2,12,16). The van der Waals surface area contributed by atoms with Gasteiger partial charge in [-0.2, -0.15) is 0 Å². The summed E-state index contributed by atoms with van der Waals surface area (Å²) >= 11 is 0. The van der Waals surface area contributed by atoms with Crippen LogP contribution in [0.1, 0.15) is 0 Å². The maximum Gasteiger partial charge on any atom is 0.244 e. The van der Waals surface area contributed by atoms with Crippen LogP contribution in [0.15, 0.2) is 23.1 Å². The number of carbonyl (C=O) groups excluding carboxylic acids is 1. The molecule has 0 heterocycles. The van der Waals surface area contributed by atoms with Crippen LogP contribution in [0.5, 0.6) is 0 Å². The predicted octanol–water partition coefficient (Wildman–Crippen LogP) is -0.559. The average molecular weight is 286 g/mol. The number of nitrogens with two attached hydrogens (primary N) is 2. The van der Waals surface area contributed by atoms with Gasteiger partial charge in [0.15, 0.2) is 0 Å². The molecule has 0 spiro atoms. The maximum atomic E-state index is 12.1. The molecule has 0 aliphatic rings. The molecular weight excluding hydrogens is 268 g/mol. The first-order valence-electron chi connectivity index (χ1n) is 5.48. The number of primary amides is 1. The third kappa shape index (κ3) is 3.15. The van der Waals surface area contributed by atoms with E-state index in [0.717, 1.165) is 4.31 Å². The summed E-state index contributed by atoms with van der Waals surface area (Å²) in [4.78, 5) is 12.4. The molecule has 0 fully saturated rings. The molecule has 8 heteroatoms. The summed E-state index contributed by atoms with van der Waals surface area (Å²) in [5.41, 5.74) is 11.5. The van der Waals surface area contributed by atoms with Gasteiger partial charge in [0.05, 0.1) is 17.9 Å². The monoisotopic (exact) mass is 286 g/mol. The Balaban J connectivity index is 3.31. The number of sulfonamides is 1. The molecule has 0 atom stereocenters. The molecule has 1 rings (SSSR count). The van der Waals surface area contributed by atoms with E-state index in [1.165, 1.54) is 25.1 Å². The van der Waals surface area contributed by atoms with Crippen LogP contribution in [0, 0.1) is 0 Å². The number of nitrogens with zero attached hydrogens (tertiary/aromatic N) is 2. The van der Waals surface area contributed by atoms with E-state index < -0.39 is 15.9 Å². The Kier molecular flexibility index (Phi) is 4.38. The van der Waals surface area contributed by atoms with Crippen molar-refractivity contribution in [2.45, 2.75) is 4.90 Å². The SMILES string of the molecule is CN(CC(N)=O)c1cccc(S(=O)(=O)N(C)C)c1N. The van der Waals surface area contributed by atoms with Crippen molar-refractivity contribution in [2.75, 3.05) is 38.3 Å². The number of amides is 1. The van der Waals surface area contributed by atoms with Crippen LogP contribution in [0.3, 0.4) is 0 Å². The molecule has 19 heavy (non-hydrogen) atoms. The highest BCUT2D eigenvalue weighted by Crippen LogP contribution is 2.30. The van der Waals surface area contributed by atoms with Gasteiger partial charge in [-0.15, -0.1) is 0 Å². The lowest BCUT2D eigenvalue weighted by atomic mass is 10.2. The zero-order valence-electron chi connectivity index (χ0n) is 11.1. The number of benzene rings is 1. The van der Waals surface area contributed by atoms with Crippen LogP contribution < -0.4 is 16.4 Å². The van der Waals surface area contributed by atoms with Gasteiger partial charge in [-0.25, -0.2) is 12.7 Å². The maximum absolute atomic E-state index is 12.1. The Bertz CT molecular complexity index is 584. The van der Waals surface area contributed by atoms with Crippen molar-refractivity contribution < 1.29 is 13.2 Å². The van der Waals surface area contributed by atoms with E-state index in [9.17, 15) is 13.2 Å². The summed E-state index contributed by atoms with van der Waals surface area (Å²) in [6, 6.07) is 4.62. The second kappa shape index (κ2) is 5.45. The summed E-state index contributed by atoms with van der Waals surface area (Å²) in [6.07, 6.45) is 0. The minimum absolute atomic E-state index is 0.00585. The van der Waals surface area contributed by atoms with E-state index in [1.54, 1.807) is 19.2 Å². The molecule has 106 valence electrons. The Morgan fingerprint density at radius 3 is 2.32 bits per heavy atom. The number of para-hydroxylation sites is 1. The summed E-state index contributed by atoms with van der Waals surface area (Å²) in [5, 5.41) is 0. The van der Waals surface area contributed by atoms with Crippen molar-refractivity contribution in [3.8, 4) is 0 Å². The van der Waals surface area contributed by atoms with Crippen LogP contribution in [0.25, 0.3) is 0 Å². The van der Waals surface area contributed by atoms with Gasteiger partial charge in [0, 0.05) is 21.1 Å². The van der Waals surface area contributed by atoms with E-state index in [1.807, 2.05) is 0 Å². The number of likely N-dealkylation sites (N-methyl/N-ethyl adjacent to an activating group) is 1. The molecule has 0 bridgehead atoms. The van der Waals surface area contributed by atoms with Crippen molar-refractivity contribution in [2.24, 2.45) is 5.73 Å². The number of nitrogen functional groups attached to an aromatic ring is 1. The van der Waals surface area contributed by atoms with E-state index in [0.29, 0.717) is 5.69 Å². The van der Waals surface area contributed by atoms with Crippen molar-refractivity contribution in [3.63, 3.8) is 0 Å². The molecule has 1 aromatic rings. The number of hydrogen-bond donors (Lipinski definition) is 2. The quantitative estimate of drug-likeness (QED) is 0.705. The predicted molar refractivity (Wildman–Crippen MR) is 74.2 cm³/mol. The van der Waals surface area contributed by atoms with E-state index in [-0.39, 0.29) is 17.1 Å². The lowest BCUT2D eigenvalue weighted by molar-refractivity contribution is -0.116. The second-order valence-electron chi connectivity index (χ2n) is 4.30. The fraction of sp³-hybridized carbons (Fsp3) is 0.364. The zero-order chi connectivity index (χ0) is 14.8. The lowest BCUT2D eigenvalue weighted by Gasteiger charge is -2.22. The van der Waals surface area contributed by atoms with Gasteiger partial charge in [-0.05, 0) is 12.1 Å². The molecular formula is C11H18N4O3S. The molecule has 0 aromatic heterocycles. The summed E-state index contributed by atoms with van der Waals surface area (Å²) in [6.45, 7) is -0.0460. The van der Waals surface area contributed by atoms with E-state index >= 15 is 0 Å². The minimum Gasteiger partial charge on any atom is -0.396 e. The largest absolute Gasteiger partial charge is 0.396 e. The normalized spacial score (nSPS) is 11.6. The van der Waals surface area contributed by atoms with Gasteiger partial charge in [0.25, 0.3) is 0 Å². The number of anilines is 2. The molecule has 0 saturated carbocycles.